The van der Waals surface area contributed by atoms with Crippen LogP contribution in [0.4, 0.5) is 0 Å². The summed E-state index contributed by atoms with van der Waals surface area (Å²) >= 11 is 0. The van der Waals surface area contributed by atoms with Crippen LogP contribution < -0.4 is 4.74 Å². The zero-order valence-electron chi connectivity index (χ0n) is 10.6. The molecule has 98 valence electrons. The first kappa shape index (κ1) is 12.9. The second-order valence-electron chi connectivity index (χ2n) is 4.49. The lowest BCUT2D eigenvalue weighted by Crippen LogP contribution is -2.31. The Morgan fingerprint density at radius 3 is 2.44 bits per heavy atom. The molecule has 1 aromatic carbocycles. The maximum absolute atomic E-state index is 11.4. The fourth-order valence-electron chi connectivity index (χ4n) is 2.42. The Labute approximate surface area is 107 Å². The number of nitrogens with zero attached hydrogens (tertiary/aromatic N) is 1. The molecule has 0 aromatic heterocycles. The van der Waals surface area contributed by atoms with Crippen molar-refractivity contribution in [3.8, 4) is 5.75 Å². The lowest BCUT2D eigenvalue weighted by molar-refractivity contribution is -0.143. The van der Waals surface area contributed by atoms with Crippen molar-refractivity contribution in [1.29, 1.82) is 0 Å². The van der Waals surface area contributed by atoms with Crippen LogP contribution in [0.25, 0.3) is 0 Å². The van der Waals surface area contributed by atoms with Crippen LogP contribution in [0.3, 0.4) is 0 Å². The zero-order chi connectivity index (χ0) is 13.0. The van der Waals surface area contributed by atoms with E-state index in [9.17, 15) is 9.90 Å². The van der Waals surface area contributed by atoms with Crippen LogP contribution in [0.15, 0.2) is 24.3 Å². The van der Waals surface area contributed by atoms with Gasteiger partial charge in [0, 0.05) is 0 Å². The predicted molar refractivity (Wildman–Crippen MR) is 68.8 cm³/mol. The molecular formula is C14H19NO3. The van der Waals surface area contributed by atoms with Gasteiger partial charge in [-0.1, -0.05) is 12.1 Å². The minimum Gasteiger partial charge on any atom is -0.494 e. The minimum atomic E-state index is -0.777. The number of carboxylic acids is 1. The Balaban J connectivity index is 2.17. The molecule has 1 atom stereocenters. The summed E-state index contributed by atoms with van der Waals surface area (Å²) in [5.74, 6) is 0.00729. The summed E-state index contributed by atoms with van der Waals surface area (Å²) in [5, 5.41) is 9.39. The first-order valence-electron chi connectivity index (χ1n) is 6.42. The van der Waals surface area contributed by atoms with Gasteiger partial charge in [0.25, 0.3) is 0 Å². The van der Waals surface area contributed by atoms with Gasteiger partial charge in [-0.2, -0.15) is 0 Å². The van der Waals surface area contributed by atoms with Gasteiger partial charge in [0.15, 0.2) is 0 Å². The summed E-state index contributed by atoms with van der Waals surface area (Å²) in [6.45, 7) is 4.28. The van der Waals surface area contributed by atoms with Crippen molar-refractivity contribution in [2.24, 2.45) is 0 Å². The Bertz CT molecular complexity index is 396. The number of hydrogen-bond donors (Lipinski definition) is 1. The third-order valence-electron chi connectivity index (χ3n) is 3.25. The standard InChI is InChI=1S/C14H19NO3/c1-2-18-12-7-5-11(6-8-12)13(14(16)17)15-9-3-4-10-15/h5-8,13H,2-4,9-10H2,1H3,(H,16,17)/t13-/m0/s1. The Kier molecular flexibility index (Phi) is 4.20. The van der Waals surface area contributed by atoms with Crippen LogP contribution in [-0.4, -0.2) is 35.7 Å². The van der Waals surface area contributed by atoms with E-state index in [0.29, 0.717) is 6.61 Å². The average molecular weight is 249 g/mol. The zero-order valence-corrected chi connectivity index (χ0v) is 10.6. The van der Waals surface area contributed by atoms with E-state index in [-0.39, 0.29) is 0 Å². The summed E-state index contributed by atoms with van der Waals surface area (Å²) in [7, 11) is 0. The molecule has 2 rings (SSSR count). The van der Waals surface area contributed by atoms with Crippen molar-refractivity contribution in [2.75, 3.05) is 19.7 Å². The summed E-state index contributed by atoms with van der Waals surface area (Å²) in [5.41, 5.74) is 0.827. The third kappa shape index (κ3) is 2.82. The Hall–Kier alpha value is -1.55. The SMILES string of the molecule is CCOc1ccc([C@@H](C(=O)O)N2CCCC2)cc1. The lowest BCUT2D eigenvalue weighted by Gasteiger charge is -2.24. The molecule has 1 aliphatic heterocycles. The van der Waals surface area contributed by atoms with Gasteiger partial charge in [0.1, 0.15) is 11.8 Å². The summed E-state index contributed by atoms with van der Waals surface area (Å²) in [6, 6.07) is 6.85. The summed E-state index contributed by atoms with van der Waals surface area (Å²) in [6.07, 6.45) is 2.17. The monoisotopic (exact) mass is 249 g/mol. The number of aliphatic carboxylic acids is 1. The van der Waals surface area contributed by atoms with E-state index in [4.69, 9.17) is 4.74 Å². The fourth-order valence-corrected chi connectivity index (χ4v) is 2.42. The van der Waals surface area contributed by atoms with Gasteiger partial charge in [0.2, 0.25) is 0 Å². The molecule has 4 heteroatoms. The van der Waals surface area contributed by atoms with Crippen LogP contribution in [0, 0.1) is 0 Å². The molecule has 4 nitrogen and oxygen atoms in total. The largest absolute Gasteiger partial charge is 0.494 e. The van der Waals surface area contributed by atoms with Crippen molar-refractivity contribution < 1.29 is 14.6 Å². The van der Waals surface area contributed by atoms with Crippen molar-refractivity contribution in [2.45, 2.75) is 25.8 Å². The number of carbonyl (C=O) groups is 1. The first-order valence-corrected chi connectivity index (χ1v) is 6.42. The molecular weight excluding hydrogens is 230 g/mol. The van der Waals surface area contributed by atoms with E-state index < -0.39 is 12.0 Å². The van der Waals surface area contributed by atoms with E-state index >= 15 is 0 Å². The molecule has 0 radical (unpaired) electrons. The summed E-state index contributed by atoms with van der Waals surface area (Å²) < 4.78 is 5.37. The van der Waals surface area contributed by atoms with Crippen LogP contribution in [0.5, 0.6) is 5.75 Å². The Morgan fingerprint density at radius 2 is 1.94 bits per heavy atom. The second-order valence-corrected chi connectivity index (χ2v) is 4.49. The van der Waals surface area contributed by atoms with Crippen LogP contribution >= 0.6 is 0 Å². The highest BCUT2D eigenvalue weighted by Gasteiger charge is 2.29. The van der Waals surface area contributed by atoms with Gasteiger partial charge in [-0.05, 0) is 50.6 Å². The van der Waals surface area contributed by atoms with E-state index in [1.165, 1.54) is 0 Å². The highest BCUT2D eigenvalue weighted by Crippen LogP contribution is 2.26. The van der Waals surface area contributed by atoms with Gasteiger partial charge in [0.05, 0.1) is 6.61 Å². The maximum atomic E-state index is 11.4. The molecule has 18 heavy (non-hydrogen) atoms. The number of likely N-dealkylation sites (tertiary alicyclic amines) is 1. The van der Waals surface area contributed by atoms with Gasteiger partial charge < -0.3 is 9.84 Å². The Morgan fingerprint density at radius 1 is 1.33 bits per heavy atom. The number of carboxylic acid groups (broad SMARTS) is 1. The molecule has 0 saturated carbocycles. The average Bonchev–Trinajstić information content (AvgIpc) is 2.85. The van der Waals surface area contributed by atoms with E-state index in [0.717, 1.165) is 37.2 Å². The number of rotatable bonds is 5. The molecule has 0 unspecified atom stereocenters. The molecule has 0 bridgehead atoms. The second kappa shape index (κ2) is 5.87. The first-order chi connectivity index (χ1) is 8.72. The molecule has 1 saturated heterocycles. The number of ether oxygens (including phenoxy) is 1. The lowest BCUT2D eigenvalue weighted by atomic mass is 10.1. The minimum absolute atomic E-state index is 0.525. The highest BCUT2D eigenvalue weighted by molar-refractivity contribution is 5.75. The number of benzene rings is 1. The summed E-state index contributed by atoms with van der Waals surface area (Å²) in [4.78, 5) is 13.5. The van der Waals surface area contributed by atoms with Crippen LogP contribution in [0.1, 0.15) is 31.4 Å². The predicted octanol–water partition coefficient (Wildman–Crippen LogP) is 2.31. The smallest absolute Gasteiger partial charge is 0.325 e. The molecule has 1 heterocycles. The van der Waals surface area contributed by atoms with Gasteiger partial charge in [-0.25, -0.2) is 0 Å². The normalized spacial score (nSPS) is 17.6. The highest BCUT2D eigenvalue weighted by atomic mass is 16.5. The fraction of sp³-hybridized carbons (Fsp3) is 0.500. The molecule has 0 aliphatic carbocycles. The molecule has 1 aromatic rings. The number of hydrogen-bond acceptors (Lipinski definition) is 3. The van der Waals surface area contributed by atoms with E-state index in [1.807, 2.05) is 36.1 Å². The van der Waals surface area contributed by atoms with Crippen molar-refractivity contribution in [3.63, 3.8) is 0 Å². The van der Waals surface area contributed by atoms with Crippen molar-refractivity contribution in [1.82, 2.24) is 4.90 Å². The molecule has 1 N–H and O–H groups in total. The van der Waals surface area contributed by atoms with Crippen LogP contribution in [0.2, 0.25) is 0 Å². The van der Waals surface area contributed by atoms with Gasteiger partial charge in [-0.3, -0.25) is 9.69 Å². The van der Waals surface area contributed by atoms with E-state index in [2.05, 4.69) is 0 Å². The molecule has 1 aliphatic rings. The van der Waals surface area contributed by atoms with Crippen LogP contribution in [-0.2, 0) is 4.79 Å². The molecule has 1 fully saturated rings. The molecule has 0 amide bonds. The van der Waals surface area contributed by atoms with Crippen molar-refractivity contribution in [3.05, 3.63) is 29.8 Å². The topological polar surface area (TPSA) is 49.8 Å². The van der Waals surface area contributed by atoms with Gasteiger partial charge >= 0.3 is 5.97 Å². The molecule has 0 spiro atoms. The van der Waals surface area contributed by atoms with Gasteiger partial charge in [-0.15, -0.1) is 0 Å². The maximum Gasteiger partial charge on any atom is 0.325 e. The third-order valence-corrected chi connectivity index (χ3v) is 3.25. The van der Waals surface area contributed by atoms with Crippen molar-refractivity contribution >= 4 is 5.97 Å². The van der Waals surface area contributed by atoms with E-state index in [1.54, 1.807) is 0 Å². The quantitative estimate of drug-likeness (QED) is 0.870.